The predicted molar refractivity (Wildman–Crippen MR) is 172 cm³/mol. The van der Waals surface area contributed by atoms with Crippen LogP contribution >= 0.6 is 22.6 Å². The van der Waals surface area contributed by atoms with Crippen molar-refractivity contribution in [3.63, 3.8) is 0 Å². The molecule has 1 N–H and O–H groups in total. The second kappa shape index (κ2) is 11.0. The molecule has 2 aliphatic carbocycles. The third-order valence-corrected chi connectivity index (χ3v) is 10.7. The predicted octanol–water partition coefficient (Wildman–Crippen LogP) is 5.10. The fourth-order valence-corrected chi connectivity index (χ4v) is 8.39. The number of anilines is 2. The zero-order valence-corrected chi connectivity index (χ0v) is 26.2. The zero-order chi connectivity index (χ0) is 30.7. The molecule has 0 radical (unpaired) electrons. The number of carbonyl (C=O) groups is 4. The molecule has 8 nitrogen and oxygen atoms in total. The summed E-state index contributed by atoms with van der Waals surface area (Å²) in [5.74, 6) is -3.47. The topological polar surface area (TPSA) is 104 Å². The summed E-state index contributed by atoms with van der Waals surface area (Å²) in [5.41, 5.74) is 1.51. The number of fused-ring (bicyclic) bond motifs is 4. The Bertz CT molecular complexity index is 1710. The van der Waals surface area contributed by atoms with Crippen molar-refractivity contribution in [3.8, 4) is 5.75 Å². The van der Waals surface area contributed by atoms with E-state index < -0.39 is 35.0 Å². The van der Waals surface area contributed by atoms with Gasteiger partial charge >= 0.3 is 0 Å². The number of nitrogens with zero attached hydrogens (tertiary/aromatic N) is 2. The van der Waals surface area contributed by atoms with Crippen LogP contribution in [-0.4, -0.2) is 41.9 Å². The van der Waals surface area contributed by atoms with Gasteiger partial charge in [0.05, 0.1) is 41.2 Å². The zero-order valence-electron chi connectivity index (χ0n) is 24.1. The van der Waals surface area contributed by atoms with Crippen LogP contribution in [0.4, 0.5) is 11.4 Å². The average molecular weight is 703 g/mol. The minimum Gasteiger partial charge on any atom is -0.491 e. The van der Waals surface area contributed by atoms with Gasteiger partial charge in [0, 0.05) is 15.1 Å². The Balaban J connectivity index is 1.37. The van der Waals surface area contributed by atoms with Gasteiger partial charge < -0.3 is 9.84 Å². The van der Waals surface area contributed by atoms with E-state index in [0.717, 1.165) is 14.7 Å². The Hall–Kier alpha value is -3.83. The summed E-state index contributed by atoms with van der Waals surface area (Å²) in [4.78, 5) is 59.4. The third-order valence-electron chi connectivity index (χ3n) is 9.95. The van der Waals surface area contributed by atoms with Crippen LogP contribution in [0.2, 0.25) is 0 Å². The molecule has 7 rings (SSSR count). The smallest absolute Gasteiger partial charge is 0.241 e. The van der Waals surface area contributed by atoms with Gasteiger partial charge in [-0.1, -0.05) is 48.0 Å². The van der Waals surface area contributed by atoms with E-state index in [1.165, 1.54) is 9.80 Å². The highest BCUT2D eigenvalue weighted by atomic mass is 127. The van der Waals surface area contributed by atoms with Gasteiger partial charge in [0.2, 0.25) is 23.6 Å². The Kier molecular flexibility index (Phi) is 7.20. The lowest BCUT2D eigenvalue weighted by Gasteiger charge is -2.49. The van der Waals surface area contributed by atoms with Crippen LogP contribution in [0.25, 0.3) is 0 Å². The molecule has 44 heavy (non-hydrogen) atoms. The molecule has 224 valence electrons. The Morgan fingerprint density at radius 3 is 2.25 bits per heavy atom. The van der Waals surface area contributed by atoms with Crippen molar-refractivity contribution in [2.24, 2.45) is 29.1 Å². The van der Waals surface area contributed by atoms with E-state index >= 15 is 0 Å². The van der Waals surface area contributed by atoms with Gasteiger partial charge in [-0.15, -0.1) is 0 Å². The molecule has 2 aliphatic heterocycles. The lowest BCUT2D eigenvalue weighted by Crippen LogP contribution is -2.49. The maximum absolute atomic E-state index is 14.5. The van der Waals surface area contributed by atoms with Crippen molar-refractivity contribution in [1.82, 2.24) is 0 Å². The molecule has 4 aliphatic rings. The summed E-state index contributed by atoms with van der Waals surface area (Å²) in [5, 5.41) is 9.53. The minimum atomic E-state index is -1.16. The lowest BCUT2D eigenvalue weighted by molar-refractivity contribution is -0.131. The second-order valence-corrected chi connectivity index (χ2v) is 13.3. The maximum Gasteiger partial charge on any atom is 0.241 e. The summed E-state index contributed by atoms with van der Waals surface area (Å²) >= 11 is 2.19. The summed E-state index contributed by atoms with van der Waals surface area (Å²) in [6.07, 6.45) is 2.68. The van der Waals surface area contributed by atoms with Crippen molar-refractivity contribution >= 4 is 57.6 Å². The second-order valence-electron chi connectivity index (χ2n) is 12.1. The molecule has 0 spiro atoms. The molecule has 6 atom stereocenters. The summed E-state index contributed by atoms with van der Waals surface area (Å²) < 4.78 is 6.97. The van der Waals surface area contributed by atoms with Crippen LogP contribution in [0, 0.1) is 32.7 Å². The first kappa shape index (κ1) is 28.9. The van der Waals surface area contributed by atoms with Gasteiger partial charge in [-0.25, -0.2) is 4.90 Å². The molecule has 4 amide bonds. The fourth-order valence-electron chi connectivity index (χ4n) is 8.03. The van der Waals surface area contributed by atoms with Gasteiger partial charge in [0.25, 0.3) is 0 Å². The fraction of sp³-hybridized carbons (Fsp3) is 0.314. The number of para-hydroxylation sites is 2. The van der Waals surface area contributed by atoms with E-state index in [1.54, 1.807) is 42.5 Å². The molecule has 9 heteroatoms. The number of imide groups is 2. The van der Waals surface area contributed by atoms with Crippen LogP contribution in [-0.2, 0) is 19.2 Å². The standard InChI is InChI=1S/C35H31IN2O6/c1-35-27(32(41)38(34(35)43)21-7-3-2-4-8-21)19-26-23(30(35)24-9-5-6-10-28(24)44-18-17-39)15-16-25-29(26)33(42)37(31(25)40)22-13-11-20(36)12-14-22/h2-15,25-27,29-30,39H,16-19H2,1H3/t25-,26+,27-,29-,30+,35+/m0/s1. The van der Waals surface area contributed by atoms with Crippen LogP contribution in [0.3, 0.4) is 0 Å². The Labute approximate surface area is 268 Å². The van der Waals surface area contributed by atoms with Crippen molar-refractivity contribution in [2.45, 2.75) is 25.7 Å². The molecule has 0 bridgehead atoms. The molecular weight excluding hydrogens is 671 g/mol. The number of hydrogen-bond donors (Lipinski definition) is 1. The molecule has 3 fully saturated rings. The van der Waals surface area contributed by atoms with Crippen LogP contribution in [0.15, 0.2) is 90.5 Å². The first-order chi connectivity index (χ1) is 21.3. The minimum absolute atomic E-state index is 0.0675. The highest BCUT2D eigenvalue weighted by molar-refractivity contribution is 14.1. The van der Waals surface area contributed by atoms with E-state index in [1.807, 2.05) is 49.4 Å². The number of benzene rings is 3. The van der Waals surface area contributed by atoms with Crippen molar-refractivity contribution in [1.29, 1.82) is 0 Å². The van der Waals surface area contributed by atoms with E-state index in [0.29, 0.717) is 23.5 Å². The monoisotopic (exact) mass is 702 g/mol. The van der Waals surface area contributed by atoms with Gasteiger partial charge in [0.1, 0.15) is 12.4 Å². The highest BCUT2D eigenvalue weighted by Crippen LogP contribution is 2.64. The summed E-state index contributed by atoms with van der Waals surface area (Å²) in [6, 6.07) is 23.7. The van der Waals surface area contributed by atoms with Crippen molar-refractivity contribution in [2.75, 3.05) is 23.0 Å². The molecule has 0 unspecified atom stereocenters. The Morgan fingerprint density at radius 2 is 1.52 bits per heavy atom. The third kappa shape index (κ3) is 4.19. The number of rotatable bonds is 6. The van der Waals surface area contributed by atoms with Crippen molar-refractivity contribution < 1.29 is 29.0 Å². The van der Waals surface area contributed by atoms with Crippen LogP contribution < -0.4 is 14.5 Å². The SMILES string of the molecule is C[C@@]12C(=O)N(c3ccccc3)C(=O)[C@@H]1C[C@@H]1C(=CC[C@@H]3C(=O)N(c4ccc(I)cc4)C(=O)[C@@H]31)[C@@H]2c1ccccc1OCCO. The van der Waals surface area contributed by atoms with Gasteiger partial charge in [-0.05, 0) is 90.7 Å². The van der Waals surface area contributed by atoms with Crippen molar-refractivity contribution in [3.05, 3.63) is 99.6 Å². The largest absolute Gasteiger partial charge is 0.491 e. The summed E-state index contributed by atoms with van der Waals surface area (Å²) in [7, 11) is 0. The van der Waals surface area contributed by atoms with Crippen LogP contribution in [0.1, 0.15) is 31.2 Å². The van der Waals surface area contributed by atoms with Crippen LogP contribution in [0.5, 0.6) is 5.75 Å². The van der Waals surface area contributed by atoms with Gasteiger partial charge in [0.15, 0.2) is 0 Å². The number of ether oxygens (including phenoxy) is 1. The van der Waals surface area contributed by atoms with E-state index in [2.05, 4.69) is 22.6 Å². The molecule has 0 aromatic heterocycles. The molecular formula is C35H31IN2O6. The van der Waals surface area contributed by atoms with Gasteiger partial charge in [-0.3, -0.25) is 24.1 Å². The van der Waals surface area contributed by atoms with E-state index in [9.17, 15) is 24.3 Å². The highest BCUT2D eigenvalue weighted by Gasteiger charge is 2.68. The molecule has 1 saturated carbocycles. The first-order valence-electron chi connectivity index (χ1n) is 14.9. The lowest BCUT2D eigenvalue weighted by atomic mass is 9.51. The molecule has 3 aromatic carbocycles. The van der Waals surface area contributed by atoms with E-state index in [4.69, 9.17) is 4.74 Å². The maximum atomic E-state index is 14.5. The number of amides is 4. The normalized spacial score (nSPS) is 29.3. The number of aliphatic hydroxyl groups is 1. The quantitative estimate of drug-likeness (QED) is 0.218. The number of allylic oxidation sites excluding steroid dienone is 2. The van der Waals surface area contributed by atoms with E-state index in [-0.39, 0.29) is 43.3 Å². The molecule has 3 aromatic rings. The summed E-state index contributed by atoms with van der Waals surface area (Å²) in [6.45, 7) is 1.74. The number of carbonyl (C=O) groups excluding carboxylic acids is 4. The van der Waals surface area contributed by atoms with Gasteiger partial charge in [-0.2, -0.15) is 0 Å². The Morgan fingerprint density at radius 1 is 0.841 bits per heavy atom. The number of aliphatic hydroxyl groups excluding tert-OH is 1. The number of hydrogen-bond acceptors (Lipinski definition) is 6. The first-order valence-corrected chi connectivity index (χ1v) is 15.9. The average Bonchev–Trinajstić information content (AvgIpc) is 3.40. The molecule has 2 saturated heterocycles. The number of halogens is 1. The molecule has 2 heterocycles.